The van der Waals surface area contributed by atoms with E-state index in [4.69, 9.17) is 9.84 Å². The van der Waals surface area contributed by atoms with Crippen molar-refractivity contribution in [3.05, 3.63) is 0 Å². The molecule has 3 atom stereocenters. The van der Waals surface area contributed by atoms with E-state index >= 15 is 0 Å². The Morgan fingerprint density at radius 3 is 2.68 bits per heavy atom. The summed E-state index contributed by atoms with van der Waals surface area (Å²) in [4.78, 5) is 23.9. The average Bonchev–Trinajstić information content (AvgIpc) is 2.27. The Balaban J connectivity index is 2.59. The van der Waals surface area contributed by atoms with Gasteiger partial charge in [0.1, 0.15) is 0 Å². The maximum atomic E-state index is 11.4. The number of amides is 1. The van der Waals surface area contributed by atoms with Gasteiger partial charge in [0.15, 0.2) is 0 Å². The molecule has 19 heavy (non-hydrogen) atoms. The van der Waals surface area contributed by atoms with Gasteiger partial charge >= 0.3 is 12.1 Å². The van der Waals surface area contributed by atoms with Gasteiger partial charge in [-0.1, -0.05) is 0 Å². The minimum absolute atomic E-state index is 0.0555. The first-order chi connectivity index (χ1) is 8.92. The summed E-state index contributed by atoms with van der Waals surface area (Å²) in [6.45, 7) is 4.56. The van der Waals surface area contributed by atoms with E-state index in [-0.39, 0.29) is 25.1 Å². The second-order valence-electron chi connectivity index (χ2n) is 4.89. The quantitative estimate of drug-likeness (QED) is 0.647. The number of carboxylic acids is 1. The first-order valence-electron chi connectivity index (χ1n) is 6.47. The molecule has 0 spiro atoms. The predicted molar refractivity (Wildman–Crippen MR) is 67.8 cm³/mol. The molecule has 7 nitrogen and oxygen atoms in total. The van der Waals surface area contributed by atoms with Crippen molar-refractivity contribution in [2.45, 2.75) is 32.4 Å². The number of aliphatic carboxylic acids is 1. The highest BCUT2D eigenvalue weighted by atomic mass is 16.5. The molecule has 110 valence electrons. The molecule has 1 aliphatic heterocycles. The molecule has 1 saturated heterocycles. The zero-order chi connectivity index (χ0) is 14.4. The summed E-state index contributed by atoms with van der Waals surface area (Å²) in [6.07, 6.45) is -0.427. The van der Waals surface area contributed by atoms with Gasteiger partial charge in [-0.25, -0.2) is 4.79 Å². The Kier molecular flexibility index (Phi) is 6.04. The molecule has 0 aromatic carbocycles. The van der Waals surface area contributed by atoms with E-state index < -0.39 is 18.2 Å². The van der Waals surface area contributed by atoms with Crippen molar-refractivity contribution in [3.63, 3.8) is 0 Å². The van der Waals surface area contributed by atoms with Crippen LogP contribution < -0.4 is 5.32 Å². The monoisotopic (exact) mass is 274 g/mol. The van der Waals surface area contributed by atoms with E-state index in [0.29, 0.717) is 19.5 Å². The minimum atomic E-state index is -0.916. The lowest BCUT2D eigenvalue weighted by Crippen LogP contribution is -2.53. The number of alkyl carbamates (subject to hydrolysis) is 1. The van der Waals surface area contributed by atoms with Gasteiger partial charge < -0.3 is 20.3 Å². The van der Waals surface area contributed by atoms with E-state index in [2.05, 4.69) is 5.32 Å². The maximum absolute atomic E-state index is 11.4. The number of hydrogen-bond acceptors (Lipinski definition) is 5. The van der Waals surface area contributed by atoms with Gasteiger partial charge in [0.05, 0.1) is 19.3 Å². The molecule has 0 aliphatic carbocycles. The number of nitrogens with zero attached hydrogens (tertiary/aromatic N) is 1. The number of nitrogens with one attached hydrogen (secondary N) is 1. The molecule has 0 saturated carbocycles. The molecule has 3 N–H and O–H groups in total. The van der Waals surface area contributed by atoms with Crippen LogP contribution >= 0.6 is 0 Å². The molecule has 1 fully saturated rings. The number of aliphatic hydroxyl groups is 1. The smallest absolute Gasteiger partial charge is 0.407 e. The Morgan fingerprint density at radius 2 is 2.16 bits per heavy atom. The van der Waals surface area contributed by atoms with Crippen molar-refractivity contribution in [3.8, 4) is 0 Å². The van der Waals surface area contributed by atoms with Crippen LogP contribution in [0.25, 0.3) is 0 Å². The Morgan fingerprint density at radius 1 is 1.47 bits per heavy atom. The van der Waals surface area contributed by atoms with Gasteiger partial charge in [0.2, 0.25) is 0 Å². The van der Waals surface area contributed by atoms with Gasteiger partial charge in [-0.2, -0.15) is 0 Å². The van der Waals surface area contributed by atoms with E-state index in [0.717, 1.165) is 0 Å². The highest BCUT2D eigenvalue weighted by Crippen LogP contribution is 2.20. The van der Waals surface area contributed by atoms with Gasteiger partial charge in [0, 0.05) is 19.1 Å². The summed E-state index contributed by atoms with van der Waals surface area (Å²) in [5, 5.41) is 21.2. The molecular weight excluding hydrogens is 252 g/mol. The van der Waals surface area contributed by atoms with Crippen molar-refractivity contribution in [2.75, 3.05) is 26.2 Å². The summed E-state index contributed by atoms with van der Waals surface area (Å²) in [5.74, 6) is -0.971. The van der Waals surface area contributed by atoms with Crippen molar-refractivity contribution in [2.24, 2.45) is 5.92 Å². The van der Waals surface area contributed by atoms with E-state index in [1.807, 2.05) is 0 Å². The summed E-state index contributed by atoms with van der Waals surface area (Å²) in [6, 6.07) is -0.202. The summed E-state index contributed by atoms with van der Waals surface area (Å²) in [7, 11) is 0. The van der Waals surface area contributed by atoms with Crippen LogP contribution in [0.15, 0.2) is 0 Å². The molecule has 0 radical (unpaired) electrons. The van der Waals surface area contributed by atoms with Crippen LogP contribution in [0.1, 0.15) is 20.3 Å². The van der Waals surface area contributed by atoms with Gasteiger partial charge in [-0.3, -0.25) is 9.69 Å². The predicted octanol–water partition coefficient (Wildman–Crippen LogP) is -0.112. The molecule has 1 rings (SSSR count). The second kappa shape index (κ2) is 7.30. The average molecular weight is 274 g/mol. The lowest BCUT2D eigenvalue weighted by atomic mass is 9.90. The summed E-state index contributed by atoms with van der Waals surface area (Å²) >= 11 is 0. The zero-order valence-corrected chi connectivity index (χ0v) is 11.3. The van der Waals surface area contributed by atoms with Crippen LogP contribution in [-0.4, -0.2) is 65.6 Å². The first-order valence-corrected chi connectivity index (χ1v) is 6.47. The molecule has 3 unspecified atom stereocenters. The Labute approximate surface area is 112 Å². The third kappa shape index (κ3) is 5.44. The van der Waals surface area contributed by atoms with Crippen LogP contribution in [-0.2, 0) is 9.53 Å². The maximum Gasteiger partial charge on any atom is 0.407 e. The molecule has 7 heteroatoms. The number of carboxylic acid groups (broad SMARTS) is 1. The van der Waals surface area contributed by atoms with E-state index in [9.17, 15) is 14.7 Å². The fourth-order valence-electron chi connectivity index (χ4n) is 2.35. The second-order valence-corrected chi connectivity index (χ2v) is 4.89. The number of piperidine rings is 1. The van der Waals surface area contributed by atoms with Crippen LogP contribution in [0, 0.1) is 5.92 Å². The number of aliphatic hydroxyl groups excluding tert-OH is 1. The van der Waals surface area contributed by atoms with Crippen molar-refractivity contribution in [1.29, 1.82) is 0 Å². The molecule has 0 bridgehead atoms. The number of ether oxygens (including phenoxy) is 1. The SMILES string of the molecule is CCOC(=O)NC1CC(C(C)O)CN(CC(=O)O)C1. The fraction of sp³-hybridized carbons (Fsp3) is 0.833. The molecule has 1 amide bonds. The number of likely N-dealkylation sites (tertiary alicyclic amines) is 1. The van der Waals surface area contributed by atoms with Gasteiger partial charge in [-0.15, -0.1) is 0 Å². The zero-order valence-electron chi connectivity index (χ0n) is 11.3. The van der Waals surface area contributed by atoms with Crippen molar-refractivity contribution in [1.82, 2.24) is 10.2 Å². The molecule has 1 heterocycles. The van der Waals surface area contributed by atoms with Gasteiger partial charge in [-0.05, 0) is 26.2 Å². The lowest BCUT2D eigenvalue weighted by molar-refractivity contribution is -0.139. The molecular formula is C12H22N2O5. The number of rotatable bonds is 5. The minimum Gasteiger partial charge on any atom is -0.480 e. The Hall–Kier alpha value is -1.34. The third-order valence-corrected chi connectivity index (χ3v) is 3.20. The van der Waals surface area contributed by atoms with E-state index in [1.54, 1.807) is 18.7 Å². The van der Waals surface area contributed by atoms with Crippen LogP contribution in [0.4, 0.5) is 4.79 Å². The molecule has 0 aromatic heterocycles. The largest absolute Gasteiger partial charge is 0.480 e. The third-order valence-electron chi connectivity index (χ3n) is 3.20. The standard InChI is InChI=1S/C12H22N2O5/c1-3-19-12(18)13-10-4-9(8(2)15)5-14(6-10)7-11(16)17/h8-10,15H,3-7H2,1-2H3,(H,13,18)(H,16,17). The Bertz CT molecular complexity index is 321. The summed E-state index contributed by atoms with van der Waals surface area (Å²) in [5.41, 5.74) is 0. The summed E-state index contributed by atoms with van der Waals surface area (Å²) < 4.78 is 4.81. The fourth-order valence-corrected chi connectivity index (χ4v) is 2.35. The highest BCUT2D eigenvalue weighted by molar-refractivity contribution is 5.69. The lowest BCUT2D eigenvalue weighted by Gasteiger charge is -2.38. The van der Waals surface area contributed by atoms with Crippen molar-refractivity contribution >= 4 is 12.1 Å². The number of hydrogen-bond donors (Lipinski definition) is 3. The molecule has 1 aliphatic rings. The molecule has 0 aromatic rings. The number of carbonyl (C=O) groups excluding carboxylic acids is 1. The van der Waals surface area contributed by atoms with Crippen LogP contribution in [0.5, 0.6) is 0 Å². The van der Waals surface area contributed by atoms with Crippen LogP contribution in [0.2, 0.25) is 0 Å². The number of carbonyl (C=O) groups is 2. The first kappa shape index (κ1) is 15.7. The van der Waals surface area contributed by atoms with E-state index in [1.165, 1.54) is 0 Å². The van der Waals surface area contributed by atoms with Gasteiger partial charge in [0.25, 0.3) is 0 Å². The van der Waals surface area contributed by atoms with Crippen molar-refractivity contribution < 1.29 is 24.5 Å². The highest BCUT2D eigenvalue weighted by Gasteiger charge is 2.31. The normalized spacial score (nSPS) is 25.6. The van der Waals surface area contributed by atoms with Crippen LogP contribution in [0.3, 0.4) is 0 Å². The topological polar surface area (TPSA) is 99.1 Å².